The number of likely N-dealkylation sites (tertiary alicyclic amines) is 1. The van der Waals surface area contributed by atoms with Crippen molar-refractivity contribution in [3.63, 3.8) is 0 Å². The summed E-state index contributed by atoms with van der Waals surface area (Å²) in [5, 5.41) is 3.20. The normalized spacial score (nSPS) is 26.9. The van der Waals surface area contributed by atoms with E-state index in [9.17, 15) is 9.59 Å². The number of nitrogens with zero attached hydrogens (tertiary/aromatic N) is 2. The second kappa shape index (κ2) is 6.38. The van der Waals surface area contributed by atoms with Gasteiger partial charge in [0, 0.05) is 27.2 Å². The lowest BCUT2D eigenvalue weighted by Crippen LogP contribution is -2.47. The Balaban J connectivity index is 0.00000162. The Morgan fingerprint density at radius 1 is 1.28 bits per heavy atom. The maximum atomic E-state index is 12.3. The highest BCUT2D eigenvalue weighted by Crippen LogP contribution is 2.23. The number of likely N-dealkylation sites (N-methyl/N-ethyl adjacent to an activating group) is 1. The summed E-state index contributed by atoms with van der Waals surface area (Å²) in [5.41, 5.74) is 0. The summed E-state index contributed by atoms with van der Waals surface area (Å²) in [4.78, 5) is 27.7. The number of amides is 2. The molecule has 2 aliphatic rings. The van der Waals surface area contributed by atoms with Crippen molar-refractivity contribution in [2.45, 2.75) is 25.3 Å². The molecule has 2 amide bonds. The SMILES string of the molecule is CN(C)C(=O)C1CCCN1C(=O)C1CCNC1.Cl. The van der Waals surface area contributed by atoms with E-state index in [-0.39, 0.29) is 36.2 Å². The first-order valence-corrected chi connectivity index (χ1v) is 6.33. The molecule has 2 heterocycles. The van der Waals surface area contributed by atoms with Gasteiger partial charge in [0.1, 0.15) is 6.04 Å². The molecule has 0 aromatic heterocycles. The molecule has 0 bridgehead atoms. The molecule has 6 heteroatoms. The number of hydrogen-bond acceptors (Lipinski definition) is 3. The van der Waals surface area contributed by atoms with Crippen LogP contribution in [0.2, 0.25) is 0 Å². The quantitative estimate of drug-likeness (QED) is 0.778. The fourth-order valence-electron chi connectivity index (χ4n) is 2.69. The highest BCUT2D eigenvalue weighted by molar-refractivity contribution is 5.89. The zero-order valence-corrected chi connectivity index (χ0v) is 11.8. The minimum absolute atomic E-state index is 0. The Kier molecular flexibility index (Phi) is 5.41. The molecule has 2 fully saturated rings. The molecule has 0 radical (unpaired) electrons. The Bertz CT molecular complexity index is 316. The number of halogens is 1. The van der Waals surface area contributed by atoms with Crippen molar-refractivity contribution in [1.29, 1.82) is 0 Å². The van der Waals surface area contributed by atoms with Crippen molar-refractivity contribution in [2.24, 2.45) is 5.92 Å². The average molecular weight is 276 g/mol. The zero-order chi connectivity index (χ0) is 12.4. The van der Waals surface area contributed by atoms with E-state index in [1.807, 2.05) is 0 Å². The molecule has 0 aromatic carbocycles. The van der Waals surface area contributed by atoms with Gasteiger partial charge in [0.25, 0.3) is 0 Å². The number of hydrogen-bond donors (Lipinski definition) is 1. The van der Waals surface area contributed by atoms with Crippen molar-refractivity contribution in [1.82, 2.24) is 15.1 Å². The third kappa shape index (κ3) is 2.95. The third-order valence-electron chi connectivity index (χ3n) is 3.67. The lowest BCUT2D eigenvalue weighted by molar-refractivity contribution is -0.144. The predicted molar refractivity (Wildman–Crippen MR) is 71.7 cm³/mol. The Morgan fingerprint density at radius 2 is 2.00 bits per heavy atom. The van der Waals surface area contributed by atoms with Crippen LogP contribution in [0.5, 0.6) is 0 Å². The summed E-state index contributed by atoms with van der Waals surface area (Å²) in [6.07, 6.45) is 2.65. The van der Waals surface area contributed by atoms with Gasteiger partial charge in [0.15, 0.2) is 0 Å². The van der Waals surface area contributed by atoms with Gasteiger partial charge in [-0.3, -0.25) is 9.59 Å². The predicted octanol–water partition coefficient (Wildman–Crippen LogP) is 0.0969. The minimum atomic E-state index is -0.224. The van der Waals surface area contributed by atoms with E-state index in [1.165, 1.54) is 0 Å². The molecule has 2 aliphatic heterocycles. The molecular weight excluding hydrogens is 254 g/mol. The van der Waals surface area contributed by atoms with Crippen LogP contribution in [0.15, 0.2) is 0 Å². The van der Waals surface area contributed by atoms with E-state index in [0.717, 1.165) is 38.9 Å². The molecule has 2 rings (SSSR count). The van der Waals surface area contributed by atoms with Crippen molar-refractivity contribution in [2.75, 3.05) is 33.7 Å². The van der Waals surface area contributed by atoms with E-state index in [4.69, 9.17) is 0 Å². The van der Waals surface area contributed by atoms with Crippen molar-refractivity contribution in [3.05, 3.63) is 0 Å². The standard InChI is InChI=1S/C12H21N3O2.ClH/c1-14(2)12(17)10-4-3-7-15(10)11(16)9-5-6-13-8-9;/h9-10,13H,3-8H2,1-2H3;1H. The lowest BCUT2D eigenvalue weighted by Gasteiger charge is -2.28. The van der Waals surface area contributed by atoms with E-state index in [0.29, 0.717) is 0 Å². The molecule has 0 saturated carbocycles. The maximum Gasteiger partial charge on any atom is 0.244 e. The second-order valence-corrected chi connectivity index (χ2v) is 5.11. The smallest absolute Gasteiger partial charge is 0.244 e. The van der Waals surface area contributed by atoms with Crippen LogP contribution in [0.25, 0.3) is 0 Å². The molecule has 2 saturated heterocycles. The Labute approximate surface area is 114 Å². The van der Waals surface area contributed by atoms with Gasteiger partial charge in [-0.25, -0.2) is 0 Å². The van der Waals surface area contributed by atoms with Gasteiger partial charge in [-0.1, -0.05) is 0 Å². The van der Waals surface area contributed by atoms with E-state index in [1.54, 1.807) is 23.9 Å². The van der Waals surface area contributed by atoms with Crippen LogP contribution in [0, 0.1) is 5.92 Å². The van der Waals surface area contributed by atoms with Crippen molar-refractivity contribution >= 4 is 24.2 Å². The fraction of sp³-hybridized carbons (Fsp3) is 0.833. The maximum absolute atomic E-state index is 12.3. The average Bonchev–Trinajstić information content (AvgIpc) is 2.97. The van der Waals surface area contributed by atoms with Gasteiger partial charge in [0.05, 0.1) is 5.92 Å². The van der Waals surface area contributed by atoms with Crippen LogP contribution in [0.3, 0.4) is 0 Å². The lowest BCUT2D eigenvalue weighted by atomic mass is 10.1. The molecule has 5 nitrogen and oxygen atoms in total. The first-order valence-electron chi connectivity index (χ1n) is 6.33. The molecular formula is C12H22ClN3O2. The highest BCUT2D eigenvalue weighted by atomic mass is 35.5. The first kappa shape index (κ1) is 15.2. The summed E-state index contributed by atoms with van der Waals surface area (Å²) in [6.45, 7) is 2.41. The Hall–Kier alpha value is -0.810. The van der Waals surface area contributed by atoms with E-state index < -0.39 is 0 Å². The summed E-state index contributed by atoms with van der Waals surface area (Å²) in [5.74, 6) is 0.292. The molecule has 2 atom stereocenters. The van der Waals surface area contributed by atoms with E-state index >= 15 is 0 Å². The van der Waals surface area contributed by atoms with Crippen LogP contribution in [-0.2, 0) is 9.59 Å². The first-order chi connectivity index (χ1) is 8.11. The van der Waals surface area contributed by atoms with Gasteiger partial charge in [-0.15, -0.1) is 12.4 Å². The summed E-state index contributed by atoms with van der Waals surface area (Å²) < 4.78 is 0. The van der Waals surface area contributed by atoms with Gasteiger partial charge in [-0.2, -0.15) is 0 Å². The number of carbonyl (C=O) groups is 2. The number of nitrogens with one attached hydrogen (secondary N) is 1. The van der Waals surface area contributed by atoms with Crippen LogP contribution < -0.4 is 5.32 Å². The van der Waals surface area contributed by atoms with Gasteiger partial charge >= 0.3 is 0 Å². The van der Waals surface area contributed by atoms with Crippen molar-refractivity contribution < 1.29 is 9.59 Å². The molecule has 104 valence electrons. The van der Waals surface area contributed by atoms with Gasteiger partial charge in [0.2, 0.25) is 11.8 Å². The van der Waals surface area contributed by atoms with Crippen LogP contribution in [0.4, 0.5) is 0 Å². The Morgan fingerprint density at radius 3 is 2.56 bits per heavy atom. The topological polar surface area (TPSA) is 52.7 Å². The minimum Gasteiger partial charge on any atom is -0.347 e. The third-order valence-corrected chi connectivity index (χ3v) is 3.67. The molecule has 0 spiro atoms. The molecule has 18 heavy (non-hydrogen) atoms. The van der Waals surface area contributed by atoms with Gasteiger partial charge in [-0.05, 0) is 25.8 Å². The number of rotatable bonds is 2. The summed E-state index contributed by atoms with van der Waals surface area (Å²) in [6, 6.07) is -0.224. The monoisotopic (exact) mass is 275 g/mol. The summed E-state index contributed by atoms with van der Waals surface area (Å²) in [7, 11) is 3.50. The summed E-state index contributed by atoms with van der Waals surface area (Å²) >= 11 is 0. The molecule has 2 unspecified atom stereocenters. The largest absolute Gasteiger partial charge is 0.347 e. The second-order valence-electron chi connectivity index (χ2n) is 5.11. The van der Waals surface area contributed by atoms with Crippen LogP contribution in [-0.4, -0.2) is 61.4 Å². The van der Waals surface area contributed by atoms with Gasteiger partial charge < -0.3 is 15.1 Å². The molecule has 1 N–H and O–H groups in total. The molecule has 0 aliphatic carbocycles. The highest BCUT2D eigenvalue weighted by Gasteiger charge is 2.38. The molecule has 0 aromatic rings. The van der Waals surface area contributed by atoms with Crippen LogP contribution >= 0.6 is 12.4 Å². The van der Waals surface area contributed by atoms with Crippen molar-refractivity contribution in [3.8, 4) is 0 Å². The van der Waals surface area contributed by atoms with Crippen LogP contribution in [0.1, 0.15) is 19.3 Å². The fourth-order valence-corrected chi connectivity index (χ4v) is 2.69. The zero-order valence-electron chi connectivity index (χ0n) is 11.0. The number of carbonyl (C=O) groups excluding carboxylic acids is 2. The van der Waals surface area contributed by atoms with E-state index in [2.05, 4.69) is 5.32 Å².